The van der Waals surface area contributed by atoms with Crippen molar-refractivity contribution in [3.63, 3.8) is 0 Å². The molecule has 26 heavy (non-hydrogen) atoms. The van der Waals surface area contributed by atoms with Gasteiger partial charge in [-0.3, -0.25) is 0 Å². The van der Waals surface area contributed by atoms with Crippen LogP contribution in [0.3, 0.4) is 0 Å². The Morgan fingerprint density at radius 2 is 1.27 bits per heavy atom. The minimum absolute atomic E-state index is 0.157. The van der Waals surface area contributed by atoms with Gasteiger partial charge in [0.15, 0.2) is 6.29 Å². The van der Waals surface area contributed by atoms with Gasteiger partial charge in [0.05, 0.1) is 12.7 Å². The highest BCUT2D eigenvalue weighted by Crippen LogP contribution is 2.37. The SMILES string of the molecule is OCC1OB(c2ccccc2)OC2[C@@H]1O[C@@H]1OB(c3ccccc3)O[C@H]21. The molecule has 0 saturated carbocycles. The van der Waals surface area contributed by atoms with E-state index in [9.17, 15) is 5.11 Å². The van der Waals surface area contributed by atoms with Crippen molar-refractivity contribution in [3.05, 3.63) is 60.7 Å². The topological polar surface area (TPSA) is 66.4 Å². The third-order valence-corrected chi connectivity index (χ3v) is 5.01. The molecule has 5 atom stereocenters. The van der Waals surface area contributed by atoms with Crippen molar-refractivity contribution in [3.8, 4) is 0 Å². The maximum absolute atomic E-state index is 9.75. The van der Waals surface area contributed by atoms with E-state index in [2.05, 4.69) is 0 Å². The predicted octanol–water partition coefficient (Wildman–Crippen LogP) is -0.306. The summed E-state index contributed by atoms with van der Waals surface area (Å²) in [5.74, 6) is 0. The lowest BCUT2D eigenvalue weighted by Crippen LogP contribution is -2.58. The van der Waals surface area contributed by atoms with Crippen LogP contribution >= 0.6 is 0 Å². The van der Waals surface area contributed by atoms with Gasteiger partial charge in [-0.05, 0) is 10.9 Å². The Morgan fingerprint density at radius 1 is 0.692 bits per heavy atom. The van der Waals surface area contributed by atoms with E-state index >= 15 is 0 Å². The molecule has 3 fully saturated rings. The maximum Gasteiger partial charge on any atom is 0.496 e. The van der Waals surface area contributed by atoms with Crippen LogP contribution in [0.15, 0.2) is 60.7 Å². The van der Waals surface area contributed by atoms with Crippen LogP contribution in [0.25, 0.3) is 0 Å². The van der Waals surface area contributed by atoms with E-state index in [1.54, 1.807) is 0 Å². The molecule has 0 amide bonds. The van der Waals surface area contributed by atoms with Gasteiger partial charge in [-0.1, -0.05) is 60.7 Å². The van der Waals surface area contributed by atoms with Crippen molar-refractivity contribution in [2.24, 2.45) is 0 Å². The van der Waals surface area contributed by atoms with Crippen LogP contribution in [-0.2, 0) is 23.4 Å². The molecule has 3 aliphatic rings. The second-order valence-electron chi connectivity index (χ2n) is 6.65. The smallest absolute Gasteiger partial charge is 0.399 e. The summed E-state index contributed by atoms with van der Waals surface area (Å²) in [6, 6.07) is 19.4. The second kappa shape index (κ2) is 6.81. The maximum atomic E-state index is 9.75. The van der Waals surface area contributed by atoms with Crippen LogP contribution in [0, 0.1) is 0 Å². The van der Waals surface area contributed by atoms with Gasteiger partial charge >= 0.3 is 14.2 Å². The largest absolute Gasteiger partial charge is 0.496 e. The highest BCUT2D eigenvalue weighted by atomic mass is 16.8. The normalized spacial score (nSPS) is 33.2. The number of hydrogen-bond donors (Lipinski definition) is 1. The zero-order valence-corrected chi connectivity index (χ0v) is 14.0. The fourth-order valence-corrected chi connectivity index (χ4v) is 3.75. The van der Waals surface area contributed by atoms with Crippen molar-refractivity contribution in [2.75, 3.05) is 6.61 Å². The van der Waals surface area contributed by atoms with Gasteiger partial charge < -0.3 is 28.5 Å². The van der Waals surface area contributed by atoms with E-state index in [1.807, 2.05) is 60.7 Å². The summed E-state index contributed by atoms with van der Waals surface area (Å²) in [6.45, 7) is -0.157. The average Bonchev–Trinajstić information content (AvgIpc) is 3.27. The molecule has 3 saturated heterocycles. The molecule has 0 spiro atoms. The molecule has 5 rings (SSSR count). The highest BCUT2D eigenvalue weighted by molar-refractivity contribution is 6.62. The molecular weight excluding hydrogens is 334 g/mol. The number of aliphatic hydroxyl groups is 1. The Labute approximate surface area is 152 Å². The van der Waals surface area contributed by atoms with E-state index < -0.39 is 32.7 Å². The third-order valence-electron chi connectivity index (χ3n) is 5.01. The first-order valence-electron chi connectivity index (χ1n) is 8.81. The van der Waals surface area contributed by atoms with Crippen molar-refractivity contribution in [1.29, 1.82) is 0 Å². The number of hydrogen-bond acceptors (Lipinski definition) is 6. The van der Waals surface area contributed by atoms with E-state index in [-0.39, 0.29) is 18.8 Å². The van der Waals surface area contributed by atoms with Crippen molar-refractivity contribution >= 4 is 25.2 Å². The lowest BCUT2D eigenvalue weighted by atomic mass is 9.76. The Hall–Kier alpha value is -1.67. The number of aliphatic hydroxyl groups excluding tert-OH is 1. The quantitative estimate of drug-likeness (QED) is 0.765. The highest BCUT2D eigenvalue weighted by Gasteiger charge is 2.59. The van der Waals surface area contributed by atoms with Gasteiger partial charge in [0, 0.05) is 0 Å². The monoisotopic (exact) mass is 352 g/mol. The molecule has 0 radical (unpaired) electrons. The Balaban J connectivity index is 1.37. The summed E-state index contributed by atoms with van der Waals surface area (Å²) >= 11 is 0. The van der Waals surface area contributed by atoms with Gasteiger partial charge in [-0.15, -0.1) is 0 Å². The standard InChI is InChI=1S/C18H18B2O6/c21-11-14-15-16(24-19(23-14)12-7-3-1-4-8-12)17-18(22-15)26-20(25-17)13-9-5-2-6-10-13/h1-10,14-18,21H,11H2/t14?,15-,16?,17-,18-/m1/s1. The predicted molar refractivity (Wildman–Crippen MR) is 95.1 cm³/mol. The van der Waals surface area contributed by atoms with Crippen LogP contribution in [0.4, 0.5) is 0 Å². The van der Waals surface area contributed by atoms with Gasteiger partial charge in [0.25, 0.3) is 0 Å². The molecule has 2 unspecified atom stereocenters. The molecule has 6 nitrogen and oxygen atoms in total. The summed E-state index contributed by atoms with van der Waals surface area (Å²) < 4.78 is 30.1. The number of benzene rings is 2. The molecule has 0 aromatic heterocycles. The fraction of sp³-hybridized carbons (Fsp3) is 0.333. The fourth-order valence-electron chi connectivity index (χ4n) is 3.75. The summed E-state index contributed by atoms with van der Waals surface area (Å²) in [4.78, 5) is 0. The van der Waals surface area contributed by atoms with Crippen LogP contribution in [-0.4, -0.2) is 56.7 Å². The molecule has 0 bridgehead atoms. The second-order valence-corrected chi connectivity index (χ2v) is 6.65. The van der Waals surface area contributed by atoms with Crippen molar-refractivity contribution in [1.82, 2.24) is 0 Å². The minimum Gasteiger partial charge on any atom is -0.399 e. The lowest BCUT2D eigenvalue weighted by Gasteiger charge is -2.37. The Kier molecular flexibility index (Phi) is 4.32. The molecule has 132 valence electrons. The number of rotatable bonds is 3. The first-order valence-corrected chi connectivity index (χ1v) is 8.81. The van der Waals surface area contributed by atoms with Crippen LogP contribution in [0.2, 0.25) is 0 Å². The van der Waals surface area contributed by atoms with Crippen molar-refractivity contribution < 1.29 is 28.5 Å². The molecule has 3 heterocycles. The van der Waals surface area contributed by atoms with E-state index in [4.69, 9.17) is 23.4 Å². The Bertz CT molecular complexity index is 748. The van der Waals surface area contributed by atoms with Crippen LogP contribution in [0.5, 0.6) is 0 Å². The van der Waals surface area contributed by atoms with E-state index in [0.29, 0.717) is 0 Å². The van der Waals surface area contributed by atoms with E-state index in [0.717, 1.165) is 10.9 Å². The zero-order valence-electron chi connectivity index (χ0n) is 14.0. The molecule has 8 heteroatoms. The van der Waals surface area contributed by atoms with Gasteiger partial charge in [0.1, 0.15) is 18.3 Å². The first-order chi connectivity index (χ1) is 12.8. The van der Waals surface area contributed by atoms with Gasteiger partial charge in [0.2, 0.25) is 0 Å². The molecule has 0 aliphatic carbocycles. The Morgan fingerprint density at radius 3 is 1.88 bits per heavy atom. The summed E-state index contributed by atoms with van der Waals surface area (Å²) in [7, 11) is -1.06. The summed E-state index contributed by atoms with van der Waals surface area (Å²) in [6.07, 6.45) is -2.19. The van der Waals surface area contributed by atoms with Gasteiger partial charge in [-0.2, -0.15) is 0 Å². The lowest BCUT2D eigenvalue weighted by molar-refractivity contribution is -0.137. The zero-order chi connectivity index (χ0) is 17.5. The summed E-state index contributed by atoms with van der Waals surface area (Å²) in [5, 5.41) is 9.75. The van der Waals surface area contributed by atoms with Gasteiger partial charge in [-0.25, -0.2) is 0 Å². The van der Waals surface area contributed by atoms with Crippen molar-refractivity contribution in [2.45, 2.75) is 30.7 Å². The molecule has 3 aliphatic heterocycles. The summed E-state index contributed by atoms with van der Waals surface area (Å²) in [5.41, 5.74) is 1.83. The minimum atomic E-state index is -0.573. The number of fused-ring (bicyclic) bond motifs is 3. The molecule has 2 aromatic rings. The van der Waals surface area contributed by atoms with Crippen LogP contribution < -0.4 is 10.9 Å². The first kappa shape index (κ1) is 16.5. The van der Waals surface area contributed by atoms with E-state index in [1.165, 1.54) is 0 Å². The molecule has 2 aromatic carbocycles. The number of ether oxygens (including phenoxy) is 1. The van der Waals surface area contributed by atoms with Crippen LogP contribution in [0.1, 0.15) is 0 Å². The molecular formula is C18H18B2O6. The molecule has 1 N–H and O–H groups in total. The third kappa shape index (κ3) is 2.79. The average molecular weight is 352 g/mol.